The quantitative estimate of drug-likeness (QED) is 0.393. The number of carbonyl (C=O) groups excluding carboxylic acids is 2. The number of rotatable bonds is 11. The van der Waals surface area contributed by atoms with Gasteiger partial charge in [0.25, 0.3) is 10.0 Å². The summed E-state index contributed by atoms with van der Waals surface area (Å²) in [5.74, 6) is -0.264. The summed E-state index contributed by atoms with van der Waals surface area (Å²) in [6, 6.07) is 20.5. The molecule has 0 unspecified atom stereocenters. The van der Waals surface area contributed by atoms with Crippen molar-refractivity contribution >= 4 is 39.1 Å². The van der Waals surface area contributed by atoms with Gasteiger partial charge in [-0.05, 0) is 60.5 Å². The van der Waals surface area contributed by atoms with Gasteiger partial charge < -0.3 is 15.0 Å². The summed E-state index contributed by atoms with van der Waals surface area (Å²) in [6.45, 7) is 1.38. The van der Waals surface area contributed by atoms with E-state index in [-0.39, 0.29) is 17.3 Å². The zero-order valence-electron chi connectivity index (χ0n) is 20.9. The van der Waals surface area contributed by atoms with Crippen molar-refractivity contribution in [3.8, 4) is 5.75 Å². The van der Waals surface area contributed by atoms with Gasteiger partial charge in [-0.25, -0.2) is 8.42 Å². The van der Waals surface area contributed by atoms with E-state index in [1.165, 1.54) is 36.2 Å². The number of likely N-dealkylation sites (N-methyl/N-ethyl adjacent to an activating group) is 1. The third kappa shape index (κ3) is 6.81. The highest BCUT2D eigenvalue weighted by molar-refractivity contribution is 7.92. The normalized spacial score (nSPS) is 11.9. The summed E-state index contributed by atoms with van der Waals surface area (Å²) in [5.41, 5.74) is 1.06. The number of amides is 2. The van der Waals surface area contributed by atoms with Crippen molar-refractivity contribution in [1.29, 1.82) is 0 Å². The maximum Gasteiger partial charge on any atom is 0.264 e. The van der Waals surface area contributed by atoms with E-state index in [0.29, 0.717) is 22.9 Å². The number of sulfonamides is 1. The summed E-state index contributed by atoms with van der Waals surface area (Å²) >= 11 is 5.96. The number of hydrogen-bond donors (Lipinski definition) is 1. The van der Waals surface area contributed by atoms with Crippen LogP contribution in [0.1, 0.15) is 18.9 Å². The van der Waals surface area contributed by atoms with Crippen LogP contribution in [-0.2, 0) is 26.2 Å². The van der Waals surface area contributed by atoms with E-state index in [2.05, 4.69) is 5.32 Å². The molecule has 0 saturated carbocycles. The number of benzene rings is 3. The Labute approximate surface area is 222 Å². The maximum absolute atomic E-state index is 13.8. The van der Waals surface area contributed by atoms with E-state index in [0.717, 1.165) is 9.87 Å². The fourth-order valence-corrected chi connectivity index (χ4v) is 5.45. The molecule has 3 aromatic rings. The molecule has 37 heavy (non-hydrogen) atoms. The Bertz CT molecular complexity index is 1320. The third-order valence-electron chi connectivity index (χ3n) is 5.84. The number of carbonyl (C=O) groups is 2. The van der Waals surface area contributed by atoms with Crippen LogP contribution in [0.3, 0.4) is 0 Å². The lowest BCUT2D eigenvalue weighted by Crippen LogP contribution is -2.51. The van der Waals surface area contributed by atoms with Gasteiger partial charge in [0.2, 0.25) is 11.8 Å². The van der Waals surface area contributed by atoms with Crippen molar-refractivity contribution in [2.45, 2.75) is 30.8 Å². The van der Waals surface area contributed by atoms with Crippen molar-refractivity contribution in [3.63, 3.8) is 0 Å². The number of para-hydroxylation sites is 1. The molecule has 0 radical (unpaired) electrons. The first-order chi connectivity index (χ1) is 17.7. The van der Waals surface area contributed by atoms with Gasteiger partial charge >= 0.3 is 0 Å². The minimum Gasteiger partial charge on any atom is -0.497 e. The third-order valence-corrected chi connectivity index (χ3v) is 7.88. The average molecular weight is 544 g/mol. The minimum absolute atomic E-state index is 0.00811. The van der Waals surface area contributed by atoms with Gasteiger partial charge in [0.05, 0.1) is 17.7 Å². The lowest BCUT2D eigenvalue weighted by molar-refractivity contribution is -0.140. The molecule has 8 nitrogen and oxygen atoms in total. The Morgan fingerprint density at radius 3 is 2.27 bits per heavy atom. The number of hydrogen-bond acceptors (Lipinski definition) is 5. The predicted octanol–water partition coefficient (Wildman–Crippen LogP) is 4.10. The maximum atomic E-state index is 13.8. The van der Waals surface area contributed by atoms with E-state index in [1.54, 1.807) is 62.6 Å². The summed E-state index contributed by atoms with van der Waals surface area (Å²) in [5, 5.41) is 3.00. The van der Waals surface area contributed by atoms with Crippen molar-refractivity contribution in [2.24, 2.45) is 0 Å². The molecule has 0 heterocycles. The van der Waals surface area contributed by atoms with Crippen LogP contribution < -0.4 is 14.4 Å². The van der Waals surface area contributed by atoms with E-state index in [4.69, 9.17) is 16.3 Å². The van der Waals surface area contributed by atoms with E-state index in [9.17, 15) is 18.0 Å². The molecule has 10 heteroatoms. The number of ether oxygens (including phenoxy) is 1. The summed E-state index contributed by atoms with van der Waals surface area (Å²) < 4.78 is 33.7. The highest BCUT2D eigenvalue weighted by Gasteiger charge is 2.33. The van der Waals surface area contributed by atoms with Crippen molar-refractivity contribution in [3.05, 3.63) is 89.4 Å². The topological polar surface area (TPSA) is 96.0 Å². The SMILES string of the molecule is CC[C@H](C(=O)NC)N(Cc1cccc(OC)c1)C(=O)CN(c1ccccc1)S(=O)(=O)c1ccc(Cl)cc1. The second-order valence-corrected chi connectivity index (χ2v) is 10.5. The first-order valence-corrected chi connectivity index (χ1v) is 13.5. The Balaban J connectivity index is 2.03. The van der Waals surface area contributed by atoms with E-state index in [1.807, 2.05) is 6.07 Å². The number of anilines is 1. The van der Waals surface area contributed by atoms with Crippen LogP contribution in [0.15, 0.2) is 83.8 Å². The first kappa shape index (κ1) is 28.0. The molecule has 0 saturated heterocycles. The van der Waals surface area contributed by atoms with Crippen LogP contribution in [0.2, 0.25) is 5.02 Å². The van der Waals surface area contributed by atoms with Gasteiger partial charge in [0, 0.05) is 18.6 Å². The number of methoxy groups -OCH3 is 1. The monoisotopic (exact) mass is 543 g/mol. The largest absolute Gasteiger partial charge is 0.497 e. The van der Waals surface area contributed by atoms with Crippen LogP contribution >= 0.6 is 11.6 Å². The van der Waals surface area contributed by atoms with Crippen LogP contribution in [-0.4, -0.2) is 51.9 Å². The lowest BCUT2D eigenvalue weighted by atomic mass is 10.1. The molecule has 2 amide bonds. The molecule has 0 spiro atoms. The zero-order valence-corrected chi connectivity index (χ0v) is 22.5. The second-order valence-electron chi connectivity index (χ2n) is 8.21. The van der Waals surface area contributed by atoms with Crippen molar-refractivity contribution < 1.29 is 22.7 Å². The van der Waals surface area contributed by atoms with E-state index >= 15 is 0 Å². The second kappa shape index (κ2) is 12.6. The standard InChI is InChI=1S/C27H30ClN3O5S/c1-4-25(27(33)29-2)30(18-20-9-8-12-23(17-20)36-3)26(32)19-31(22-10-6-5-7-11-22)37(34,35)24-15-13-21(28)14-16-24/h5-17,25H,4,18-19H2,1-3H3,(H,29,33)/t25-/m1/s1. The Morgan fingerprint density at radius 2 is 1.68 bits per heavy atom. The Hall–Kier alpha value is -3.56. The molecule has 3 aromatic carbocycles. The van der Waals surface area contributed by atoms with Gasteiger partial charge in [-0.2, -0.15) is 0 Å². The molecule has 0 fully saturated rings. The fourth-order valence-electron chi connectivity index (χ4n) is 3.91. The van der Waals surface area contributed by atoms with Crippen LogP contribution in [0.25, 0.3) is 0 Å². The summed E-state index contributed by atoms with van der Waals surface area (Å²) in [7, 11) is -1.09. The van der Waals surface area contributed by atoms with Gasteiger partial charge in [-0.1, -0.05) is 48.9 Å². The van der Waals surface area contributed by atoms with Crippen molar-refractivity contribution in [2.75, 3.05) is 25.0 Å². The molecular formula is C27H30ClN3O5S. The molecule has 196 valence electrons. The zero-order chi connectivity index (χ0) is 27.0. The highest BCUT2D eigenvalue weighted by atomic mass is 35.5. The molecule has 0 aromatic heterocycles. The summed E-state index contributed by atoms with van der Waals surface area (Å²) in [4.78, 5) is 28.0. The first-order valence-electron chi connectivity index (χ1n) is 11.7. The lowest BCUT2D eigenvalue weighted by Gasteiger charge is -2.33. The molecule has 1 N–H and O–H groups in total. The number of nitrogens with zero attached hydrogens (tertiary/aromatic N) is 2. The molecule has 0 aliphatic heterocycles. The van der Waals surface area contributed by atoms with Gasteiger partial charge in [-0.3, -0.25) is 13.9 Å². The number of nitrogens with one attached hydrogen (secondary N) is 1. The minimum atomic E-state index is -4.13. The Kier molecular flexibility index (Phi) is 9.54. The molecule has 0 bridgehead atoms. The van der Waals surface area contributed by atoms with Crippen LogP contribution in [0, 0.1) is 0 Å². The molecule has 0 aliphatic carbocycles. The molecule has 1 atom stereocenters. The van der Waals surface area contributed by atoms with E-state index < -0.39 is 28.5 Å². The van der Waals surface area contributed by atoms with Gasteiger partial charge in [0.15, 0.2) is 0 Å². The number of halogens is 1. The molecular weight excluding hydrogens is 514 g/mol. The van der Waals surface area contributed by atoms with Gasteiger partial charge in [-0.15, -0.1) is 0 Å². The fraction of sp³-hybridized carbons (Fsp3) is 0.259. The smallest absolute Gasteiger partial charge is 0.264 e. The highest BCUT2D eigenvalue weighted by Crippen LogP contribution is 2.26. The van der Waals surface area contributed by atoms with Crippen molar-refractivity contribution in [1.82, 2.24) is 10.2 Å². The Morgan fingerprint density at radius 1 is 1.00 bits per heavy atom. The predicted molar refractivity (Wildman–Crippen MR) is 144 cm³/mol. The molecule has 0 aliphatic rings. The van der Waals surface area contributed by atoms with Crippen LogP contribution in [0.5, 0.6) is 5.75 Å². The van der Waals surface area contributed by atoms with Gasteiger partial charge in [0.1, 0.15) is 18.3 Å². The molecule has 3 rings (SSSR count). The van der Waals surface area contributed by atoms with Crippen LogP contribution in [0.4, 0.5) is 5.69 Å². The summed E-state index contributed by atoms with van der Waals surface area (Å²) in [6.07, 6.45) is 0.338. The average Bonchev–Trinajstić information content (AvgIpc) is 2.92.